The van der Waals surface area contributed by atoms with Crippen molar-refractivity contribution in [2.45, 2.75) is 96.6 Å². The molecule has 2 fully saturated rings. The van der Waals surface area contributed by atoms with Crippen LogP contribution in [-0.4, -0.2) is 107 Å². The minimum atomic E-state index is -3.80. The number of hydrogen-bond acceptors (Lipinski definition) is 8. The number of sulfonamides is 1. The standard InChI is InChI=1S/C41H57N9O6S2/c1-25(2)36(46-57(53,54)27(5)6)40(51)49-21-9-11-34(49)38-42-23-32(44-38)30-17-13-28(14-18-30)29-15-19-31(20-16-29)33-24-43-39(45-33)35-12-10-22-50(35)41(52)37(26(3)4)47-58(55,56)48(7)8/h13-20,23-27,34-37,46-47H,9-12,21-22H2,1-8H3,(H,42,44)(H,43,45)/t34-,35-,36-,37-/m0/s1. The van der Waals surface area contributed by atoms with Gasteiger partial charge in [0.2, 0.25) is 21.8 Å². The number of carbonyl (C=O) groups is 2. The molecule has 0 radical (unpaired) electrons. The summed E-state index contributed by atoms with van der Waals surface area (Å²) in [5.74, 6) is 0.379. The smallest absolute Gasteiger partial charge is 0.279 e. The molecule has 6 rings (SSSR count). The molecule has 0 unspecified atom stereocenters. The largest absolute Gasteiger partial charge is 0.340 e. The Morgan fingerprint density at radius 2 is 1.03 bits per heavy atom. The van der Waals surface area contributed by atoms with Crippen LogP contribution >= 0.6 is 0 Å². The Morgan fingerprint density at radius 3 is 1.40 bits per heavy atom. The topological polar surface area (TPSA) is 194 Å². The molecule has 2 saturated heterocycles. The fourth-order valence-corrected chi connectivity index (χ4v) is 9.40. The van der Waals surface area contributed by atoms with Crippen molar-refractivity contribution in [1.82, 2.24) is 43.5 Å². The summed E-state index contributed by atoms with van der Waals surface area (Å²) in [5, 5.41) is -0.645. The van der Waals surface area contributed by atoms with Gasteiger partial charge in [-0.25, -0.2) is 23.1 Å². The molecule has 314 valence electrons. The quantitative estimate of drug-likeness (QED) is 0.125. The van der Waals surface area contributed by atoms with Crippen molar-refractivity contribution in [2.75, 3.05) is 27.2 Å². The van der Waals surface area contributed by atoms with E-state index in [0.29, 0.717) is 24.7 Å². The minimum Gasteiger partial charge on any atom is -0.340 e. The lowest BCUT2D eigenvalue weighted by atomic mass is 10.0. The first-order chi connectivity index (χ1) is 27.4. The fraction of sp³-hybridized carbons (Fsp3) is 0.512. The van der Waals surface area contributed by atoms with Gasteiger partial charge in [0.1, 0.15) is 23.7 Å². The molecular weight excluding hydrogens is 779 g/mol. The summed E-state index contributed by atoms with van der Waals surface area (Å²) >= 11 is 0. The van der Waals surface area contributed by atoms with Crippen LogP contribution in [0.1, 0.15) is 91.0 Å². The van der Waals surface area contributed by atoms with Gasteiger partial charge in [-0.2, -0.15) is 17.4 Å². The van der Waals surface area contributed by atoms with Gasteiger partial charge in [-0.15, -0.1) is 0 Å². The molecule has 58 heavy (non-hydrogen) atoms. The number of hydrogen-bond donors (Lipinski definition) is 4. The Labute approximate surface area is 342 Å². The van der Waals surface area contributed by atoms with Crippen LogP contribution in [-0.2, 0) is 29.8 Å². The van der Waals surface area contributed by atoms with Gasteiger partial charge in [-0.1, -0.05) is 76.2 Å². The summed E-state index contributed by atoms with van der Waals surface area (Å²) in [7, 11) is -4.58. The maximum absolute atomic E-state index is 13.7. The average molecular weight is 836 g/mol. The molecule has 4 aromatic rings. The monoisotopic (exact) mass is 835 g/mol. The van der Waals surface area contributed by atoms with Gasteiger partial charge in [-0.3, -0.25) is 9.59 Å². The van der Waals surface area contributed by atoms with Crippen molar-refractivity contribution in [3.63, 3.8) is 0 Å². The molecule has 4 heterocycles. The SMILES string of the molecule is CC(C)[C@H](NS(=O)(=O)C(C)C)C(=O)N1CCC[C@H]1c1ncc(-c2ccc(-c3ccc(-c4cnc([C@@H]5CCCN5C(=O)[C@@H](NS(=O)(=O)N(C)C)C(C)C)[nH]4)cc3)cc2)[nH]1. The number of imidazole rings is 2. The molecule has 15 nitrogen and oxygen atoms in total. The second-order valence-electron chi connectivity index (χ2n) is 16.5. The highest BCUT2D eigenvalue weighted by Crippen LogP contribution is 2.35. The number of likely N-dealkylation sites (tertiary alicyclic amines) is 2. The Morgan fingerprint density at radius 1 is 0.655 bits per heavy atom. The molecule has 0 bridgehead atoms. The second-order valence-corrected chi connectivity index (χ2v) is 20.6. The Kier molecular flexibility index (Phi) is 13.0. The molecule has 17 heteroatoms. The minimum absolute atomic E-state index is 0.222. The van der Waals surface area contributed by atoms with Crippen molar-refractivity contribution < 1.29 is 26.4 Å². The van der Waals surface area contributed by atoms with Crippen LogP contribution in [0.4, 0.5) is 0 Å². The zero-order valence-electron chi connectivity index (χ0n) is 34.6. The van der Waals surface area contributed by atoms with Crippen molar-refractivity contribution in [3.8, 4) is 33.6 Å². The van der Waals surface area contributed by atoms with E-state index in [1.807, 2.05) is 76.2 Å². The number of nitrogens with zero attached hydrogens (tertiary/aromatic N) is 5. The van der Waals surface area contributed by atoms with Gasteiger partial charge in [0.25, 0.3) is 10.2 Å². The normalized spacial score (nSPS) is 18.9. The van der Waals surface area contributed by atoms with Crippen LogP contribution in [0.15, 0.2) is 60.9 Å². The predicted octanol–water partition coefficient (Wildman–Crippen LogP) is 5.23. The van der Waals surface area contributed by atoms with E-state index in [9.17, 15) is 26.4 Å². The van der Waals surface area contributed by atoms with E-state index >= 15 is 0 Å². The average Bonchev–Trinajstić information content (AvgIpc) is 4.02. The molecule has 2 aliphatic heterocycles. The van der Waals surface area contributed by atoms with Crippen LogP contribution in [0.3, 0.4) is 0 Å². The van der Waals surface area contributed by atoms with E-state index in [1.165, 1.54) is 14.1 Å². The molecule has 2 aliphatic rings. The number of aromatic amines is 2. The van der Waals surface area contributed by atoms with Gasteiger partial charge in [0, 0.05) is 27.2 Å². The second kappa shape index (κ2) is 17.4. The molecule has 2 aromatic heterocycles. The number of rotatable bonds is 15. The molecule has 2 amide bonds. The number of benzene rings is 2. The Hall–Kier alpha value is -4.42. The molecule has 4 atom stereocenters. The highest BCUT2D eigenvalue weighted by molar-refractivity contribution is 7.90. The van der Waals surface area contributed by atoms with E-state index in [-0.39, 0.29) is 35.7 Å². The fourth-order valence-electron chi connectivity index (χ4n) is 7.50. The molecule has 0 aliphatic carbocycles. The van der Waals surface area contributed by atoms with Crippen molar-refractivity contribution in [2.24, 2.45) is 11.8 Å². The lowest BCUT2D eigenvalue weighted by Crippen LogP contribution is -2.53. The molecule has 0 spiro atoms. The van der Waals surface area contributed by atoms with Crippen LogP contribution < -0.4 is 9.44 Å². The highest BCUT2D eigenvalue weighted by Gasteiger charge is 2.40. The van der Waals surface area contributed by atoms with Crippen LogP contribution in [0.5, 0.6) is 0 Å². The Bertz CT molecular complexity index is 2120. The van der Waals surface area contributed by atoms with E-state index in [0.717, 1.165) is 63.6 Å². The zero-order chi connectivity index (χ0) is 42.1. The van der Waals surface area contributed by atoms with Crippen molar-refractivity contribution in [3.05, 3.63) is 72.6 Å². The van der Waals surface area contributed by atoms with Gasteiger partial charge >= 0.3 is 0 Å². The van der Waals surface area contributed by atoms with Gasteiger partial charge in [0.05, 0.1) is 41.1 Å². The first kappa shape index (κ1) is 43.2. The van der Waals surface area contributed by atoms with E-state index in [4.69, 9.17) is 0 Å². The number of carbonyl (C=O) groups excluding carboxylic acids is 2. The molecule has 4 N–H and O–H groups in total. The summed E-state index contributed by atoms with van der Waals surface area (Å²) in [6.07, 6.45) is 6.59. The maximum Gasteiger partial charge on any atom is 0.279 e. The first-order valence-corrected chi connectivity index (χ1v) is 23.0. The number of nitrogens with one attached hydrogen (secondary N) is 4. The van der Waals surface area contributed by atoms with Gasteiger partial charge < -0.3 is 19.8 Å². The van der Waals surface area contributed by atoms with Crippen molar-refractivity contribution >= 4 is 32.0 Å². The number of aromatic nitrogens is 4. The first-order valence-electron chi connectivity index (χ1n) is 20.0. The van der Waals surface area contributed by atoms with Crippen LogP contribution in [0, 0.1) is 11.8 Å². The van der Waals surface area contributed by atoms with Crippen LogP contribution in [0.25, 0.3) is 33.6 Å². The number of amides is 2. The van der Waals surface area contributed by atoms with Gasteiger partial charge in [-0.05, 0) is 73.6 Å². The molecular formula is C41H57N9O6S2. The summed E-state index contributed by atoms with van der Waals surface area (Å²) in [6.45, 7) is 11.6. The number of H-pyrrole nitrogens is 2. The van der Waals surface area contributed by atoms with Gasteiger partial charge in [0.15, 0.2) is 0 Å². The summed E-state index contributed by atoms with van der Waals surface area (Å²) < 4.78 is 56.8. The Balaban J connectivity index is 1.11. The predicted molar refractivity (Wildman–Crippen MR) is 225 cm³/mol. The molecule has 0 saturated carbocycles. The maximum atomic E-state index is 13.7. The van der Waals surface area contributed by atoms with E-state index in [1.54, 1.807) is 36.0 Å². The highest BCUT2D eigenvalue weighted by atomic mass is 32.2. The summed E-state index contributed by atoms with van der Waals surface area (Å²) in [6, 6.07) is 14.0. The third-order valence-corrected chi connectivity index (χ3v) is 14.5. The van der Waals surface area contributed by atoms with Crippen molar-refractivity contribution in [1.29, 1.82) is 0 Å². The lowest BCUT2D eigenvalue weighted by Gasteiger charge is -2.30. The molecule has 2 aromatic carbocycles. The van der Waals surface area contributed by atoms with E-state index in [2.05, 4.69) is 29.4 Å². The third-order valence-electron chi connectivity index (χ3n) is 11.2. The summed E-state index contributed by atoms with van der Waals surface area (Å²) in [4.78, 5) is 47.1. The van der Waals surface area contributed by atoms with Crippen LogP contribution in [0.2, 0.25) is 0 Å². The summed E-state index contributed by atoms with van der Waals surface area (Å²) in [5.41, 5.74) is 5.58. The zero-order valence-corrected chi connectivity index (χ0v) is 36.2. The lowest BCUT2D eigenvalue weighted by molar-refractivity contribution is -0.135. The van der Waals surface area contributed by atoms with E-state index < -0.39 is 37.6 Å². The third kappa shape index (κ3) is 9.23.